The minimum atomic E-state index is -0.511. The molecule has 0 spiro atoms. The Morgan fingerprint density at radius 1 is 1.04 bits per heavy atom. The van der Waals surface area contributed by atoms with Crippen LogP contribution in [0.4, 0.5) is 0 Å². The van der Waals surface area contributed by atoms with E-state index in [-0.39, 0.29) is 11.8 Å². The Balaban J connectivity index is 2.41. The Morgan fingerprint density at radius 2 is 1.81 bits per heavy atom. The number of hydrogen-bond donors (Lipinski definition) is 3. The molecule has 4 nitrogen and oxygen atoms in total. The van der Waals surface area contributed by atoms with Gasteiger partial charge in [-0.15, -0.1) is 0 Å². The molecule has 4 heteroatoms. The topological polar surface area (TPSA) is 63.9 Å². The van der Waals surface area contributed by atoms with Crippen LogP contribution in [0.15, 0.2) is 24.3 Å². The summed E-state index contributed by atoms with van der Waals surface area (Å²) in [6.45, 7) is 3.27. The lowest BCUT2D eigenvalue weighted by Crippen LogP contribution is -2.20. The van der Waals surface area contributed by atoms with Gasteiger partial charge in [0.25, 0.3) is 0 Å². The second-order valence-electron chi connectivity index (χ2n) is 8.07. The van der Waals surface area contributed by atoms with Crippen molar-refractivity contribution in [1.82, 2.24) is 4.90 Å². The summed E-state index contributed by atoms with van der Waals surface area (Å²) in [6.07, 6.45) is 15.4. The van der Waals surface area contributed by atoms with Crippen LogP contribution in [0.2, 0.25) is 0 Å². The lowest BCUT2D eigenvalue weighted by atomic mass is 9.89. The zero-order valence-electron chi connectivity index (χ0n) is 17.1. The maximum absolute atomic E-state index is 10.3. The van der Waals surface area contributed by atoms with Gasteiger partial charge in [0.05, 0.1) is 18.3 Å². The average Bonchev–Trinajstić information content (AvgIpc) is 2.85. The maximum Gasteiger partial charge on any atom is 0.0721 e. The molecule has 0 amide bonds. The molecule has 0 aromatic rings. The smallest absolute Gasteiger partial charge is 0.0721 e. The van der Waals surface area contributed by atoms with Gasteiger partial charge in [-0.2, -0.15) is 0 Å². The van der Waals surface area contributed by atoms with Crippen molar-refractivity contribution in [3.8, 4) is 0 Å². The molecule has 26 heavy (non-hydrogen) atoms. The molecule has 1 unspecified atom stereocenters. The van der Waals surface area contributed by atoms with Gasteiger partial charge in [0.1, 0.15) is 0 Å². The fourth-order valence-electron chi connectivity index (χ4n) is 3.72. The van der Waals surface area contributed by atoms with Gasteiger partial charge in [-0.1, -0.05) is 50.5 Å². The highest BCUT2D eigenvalue weighted by Gasteiger charge is 2.39. The Bertz CT molecular complexity index is 408. The van der Waals surface area contributed by atoms with Gasteiger partial charge in [0.2, 0.25) is 0 Å². The van der Waals surface area contributed by atoms with Crippen LogP contribution in [-0.4, -0.2) is 59.2 Å². The molecule has 0 saturated heterocycles. The van der Waals surface area contributed by atoms with Crippen molar-refractivity contribution in [2.45, 2.75) is 83.0 Å². The zero-order valence-corrected chi connectivity index (χ0v) is 17.1. The fraction of sp³-hybridized carbons (Fsp3) is 0.818. The molecular weight excluding hydrogens is 326 g/mol. The lowest BCUT2D eigenvalue weighted by molar-refractivity contribution is 0.120. The Morgan fingerprint density at radius 3 is 2.50 bits per heavy atom. The highest BCUT2D eigenvalue weighted by molar-refractivity contribution is 5.06. The first-order valence-corrected chi connectivity index (χ1v) is 10.5. The third-order valence-electron chi connectivity index (χ3n) is 5.38. The second-order valence-corrected chi connectivity index (χ2v) is 8.07. The van der Waals surface area contributed by atoms with Crippen LogP contribution in [0.25, 0.3) is 0 Å². The van der Waals surface area contributed by atoms with E-state index in [1.807, 2.05) is 12.2 Å². The van der Waals surface area contributed by atoms with Gasteiger partial charge in [0, 0.05) is 12.3 Å². The quantitative estimate of drug-likeness (QED) is 0.344. The van der Waals surface area contributed by atoms with Crippen molar-refractivity contribution in [3.05, 3.63) is 24.3 Å². The SMILES string of the molecule is CCCCC[C@H](O)/C=C/[C@@H]1C(C/C=C\CCCCN(C)C)[C@@H](O)C[C@H]1O. The van der Waals surface area contributed by atoms with Crippen LogP contribution in [-0.2, 0) is 0 Å². The molecule has 1 fully saturated rings. The van der Waals surface area contributed by atoms with E-state index < -0.39 is 18.3 Å². The van der Waals surface area contributed by atoms with Crippen LogP contribution in [0.5, 0.6) is 0 Å². The monoisotopic (exact) mass is 367 g/mol. The first-order chi connectivity index (χ1) is 12.5. The normalized spacial score (nSPS) is 28.0. The first-order valence-electron chi connectivity index (χ1n) is 10.5. The number of rotatable bonds is 13. The van der Waals surface area contributed by atoms with Crippen LogP contribution in [0.1, 0.15) is 64.7 Å². The van der Waals surface area contributed by atoms with E-state index in [9.17, 15) is 15.3 Å². The molecule has 1 rings (SSSR count). The summed E-state index contributed by atoms with van der Waals surface area (Å²) in [4.78, 5) is 2.20. The Labute approximate surface area is 160 Å². The highest BCUT2D eigenvalue weighted by Crippen LogP contribution is 2.36. The van der Waals surface area contributed by atoms with E-state index in [0.29, 0.717) is 6.42 Å². The van der Waals surface area contributed by atoms with Gasteiger partial charge in [-0.05, 0) is 58.7 Å². The van der Waals surface area contributed by atoms with Crippen molar-refractivity contribution >= 4 is 0 Å². The van der Waals surface area contributed by atoms with E-state index in [4.69, 9.17) is 0 Å². The molecule has 5 atom stereocenters. The summed E-state index contributed by atoms with van der Waals surface area (Å²) < 4.78 is 0. The number of nitrogens with zero attached hydrogens (tertiary/aromatic N) is 1. The molecule has 0 bridgehead atoms. The molecule has 0 aromatic heterocycles. The highest BCUT2D eigenvalue weighted by atomic mass is 16.3. The molecule has 1 saturated carbocycles. The van der Waals surface area contributed by atoms with Crippen LogP contribution < -0.4 is 0 Å². The van der Waals surface area contributed by atoms with E-state index in [1.165, 1.54) is 12.8 Å². The maximum atomic E-state index is 10.3. The fourth-order valence-corrected chi connectivity index (χ4v) is 3.72. The van der Waals surface area contributed by atoms with Crippen molar-refractivity contribution in [2.75, 3.05) is 20.6 Å². The van der Waals surface area contributed by atoms with Crippen molar-refractivity contribution < 1.29 is 15.3 Å². The summed E-state index contributed by atoms with van der Waals surface area (Å²) >= 11 is 0. The zero-order chi connectivity index (χ0) is 19.4. The van der Waals surface area contributed by atoms with Gasteiger partial charge in [-0.3, -0.25) is 0 Å². The molecular formula is C22H41NO3. The summed E-state index contributed by atoms with van der Waals surface area (Å²) in [5.74, 6) is -0.0219. The predicted octanol–water partition coefficient (Wildman–Crippen LogP) is 3.52. The van der Waals surface area contributed by atoms with E-state index in [0.717, 1.165) is 45.1 Å². The van der Waals surface area contributed by atoms with Crippen molar-refractivity contribution in [2.24, 2.45) is 11.8 Å². The molecule has 0 aromatic carbocycles. The summed E-state index contributed by atoms with van der Waals surface area (Å²) in [6, 6.07) is 0. The third kappa shape index (κ3) is 9.31. The number of hydrogen-bond acceptors (Lipinski definition) is 4. The third-order valence-corrected chi connectivity index (χ3v) is 5.38. The summed E-state index contributed by atoms with van der Waals surface area (Å²) in [5, 5.41) is 30.6. The van der Waals surface area contributed by atoms with Gasteiger partial charge in [0.15, 0.2) is 0 Å². The number of aliphatic hydroxyl groups excluding tert-OH is 3. The molecule has 1 aliphatic rings. The molecule has 0 radical (unpaired) electrons. The lowest BCUT2D eigenvalue weighted by Gasteiger charge is -2.19. The number of aliphatic hydroxyl groups is 3. The Kier molecular flexibility index (Phi) is 12.1. The van der Waals surface area contributed by atoms with Gasteiger partial charge < -0.3 is 20.2 Å². The molecule has 0 aliphatic heterocycles. The Hall–Kier alpha value is -0.680. The molecule has 1 aliphatic carbocycles. The predicted molar refractivity (Wildman–Crippen MR) is 109 cm³/mol. The standard InChI is InChI=1S/C22H41NO3/c1-4-5-9-12-18(24)14-15-20-19(21(25)17-22(20)26)13-10-7-6-8-11-16-23(2)3/h7,10,14-15,18-22,24-26H,4-6,8-9,11-13,16-17H2,1-3H3/b10-7-,15-14+/t18-,19?,20+,21-,22+/m0/s1. The van der Waals surface area contributed by atoms with Gasteiger partial charge >= 0.3 is 0 Å². The minimum Gasteiger partial charge on any atom is -0.393 e. The molecule has 152 valence electrons. The number of unbranched alkanes of at least 4 members (excludes halogenated alkanes) is 4. The van der Waals surface area contributed by atoms with Crippen LogP contribution >= 0.6 is 0 Å². The average molecular weight is 368 g/mol. The molecule has 0 heterocycles. The minimum absolute atomic E-state index is 0.0436. The summed E-state index contributed by atoms with van der Waals surface area (Å²) in [5.41, 5.74) is 0. The first kappa shape index (κ1) is 23.4. The van der Waals surface area contributed by atoms with Crippen molar-refractivity contribution in [3.63, 3.8) is 0 Å². The van der Waals surface area contributed by atoms with Crippen LogP contribution in [0.3, 0.4) is 0 Å². The van der Waals surface area contributed by atoms with E-state index in [1.54, 1.807) is 0 Å². The van der Waals surface area contributed by atoms with Crippen molar-refractivity contribution in [1.29, 1.82) is 0 Å². The summed E-state index contributed by atoms with van der Waals surface area (Å²) in [7, 11) is 4.19. The largest absolute Gasteiger partial charge is 0.393 e. The number of allylic oxidation sites excluding steroid dienone is 2. The van der Waals surface area contributed by atoms with Crippen LogP contribution in [0, 0.1) is 11.8 Å². The van der Waals surface area contributed by atoms with E-state index in [2.05, 4.69) is 38.1 Å². The van der Waals surface area contributed by atoms with Gasteiger partial charge in [-0.25, -0.2) is 0 Å². The molecule has 3 N–H and O–H groups in total. The van der Waals surface area contributed by atoms with E-state index >= 15 is 0 Å². The second kappa shape index (κ2) is 13.5.